The Morgan fingerprint density at radius 3 is 2.94 bits per heavy atom. The van der Waals surface area contributed by atoms with Gasteiger partial charge in [-0.2, -0.15) is 0 Å². The molecular formula is C13H13BrClNS. The molecule has 0 aliphatic rings. The van der Waals surface area contributed by atoms with Crippen LogP contribution in [0.25, 0.3) is 0 Å². The molecule has 1 N–H and O–H groups in total. The Labute approximate surface area is 119 Å². The van der Waals surface area contributed by atoms with Crippen molar-refractivity contribution in [2.45, 2.75) is 19.5 Å². The zero-order valence-electron chi connectivity index (χ0n) is 9.41. The van der Waals surface area contributed by atoms with Gasteiger partial charge in [0.1, 0.15) is 0 Å². The van der Waals surface area contributed by atoms with Gasteiger partial charge in [-0.25, -0.2) is 0 Å². The van der Waals surface area contributed by atoms with Crippen LogP contribution in [-0.2, 0) is 6.54 Å². The van der Waals surface area contributed by atoms with E-state index in [1.54, 1.807) is 11.3 Å². The van der Waals surface area contributed by atoms with E-state index in [1.807, 2.05) is 12.1 Å². The van der Waals surface area contributed by atoms with Crippen LogP contribution in [0, 0.1) is 0 Å². The maximum absolute atomic E-state index is 6.15. The molecule has 0 spiro atoms. The standard InChI is InChI=1S/C13H13BrClNS/c1-9(13-3-2-6-17-13)16-8-10-7-11(14)4-5-12(10)15/h2-7,9,16H,8H2,1H3/t9-/m1/s1. The molecule has 17 heavy (non-hydrogen) atoms. The van der Waals surface area contributed by atoms with Crippen LogP contribution in [0.2, 0.25) is 5.02 Å². The van der Waals surface area contributed by atoms with E-state index < -0.39 is 0 Å². The second-order valence-corrected chi connectivity index (χ2v) is 6.16. The SMILES string of the molecule is C[C@@H](NCc1cc(Br)ccc1Cl)c1cccs1. The normalized spacial score (nSPS) is 12.6. The molecule has 0 aliphatic carbocycles. The highest BCUT2D eigenvalue weighted by Crippen LogP contribution is 2.23. The Bertz CT molecular complexity index is 484. The van der Waals surface area contributed by atoms with Crippen molar-refractivity contribution in [1.29, 1.82) is 0 Å². The van der Waals surface area contributed by atoms with E-state index >= 15 is 0 Å². The topological polar surface area (TPSA) is 12.0 Å². The number of benzene rings is 1. The van der Waals surface area contributed by atoms with Crippen molar-refractivity contribution in [2.24, 2.45) is 0 Å². The predicted octanol–water partition coefficient (Wildman–Crippen LogP) is 5.01. The van der Waals surface area contributed by atoms with E-state index in [4.69, 9.17) is 11.6 Å². The van der Waals surface area contributed by atoms with Gasteiger partial charge in [-0.1, -0.05) is 33.6 Å². The van der Waals surface area contributed by atoms with Crippen LogP contribution >= 0.6 is 38.9 Å². The molecule has 0 aliphatic heterocycles. The molecule has 1 aromatic carbocycles. The van der Waals surface area contributed by atoms with Crippen molar-refractivity contribution in [3.8, 4) is 0 Å². The highest BCUT2D eigenvalue weighted by Gasteiger charge is 2.07. The molecule has 2 rings (SSSR count). The molecule has 0 radical (unpaired) electrons. The number of thiophene rings is 1. The van der Waals surface area contributed by atoms with E-state index in [0.29, 0.717) is 6.04 Å². The lowest BCUT2D eigenvalue weighted by Gasteiger charge is -2.13. The largest absolute Gasteiger partial charge is 0.305 e. The van der Waals surface area contributed by atoms with Crippen LogP contribution in [0.3, 0.4) is 0 Å². The van der Waals surface area contributed by atoms with Crippen molar-refractivity contribution < 1.29 is 0 Å². The Morgan fingerprint density at radius 2 is 2.24 bits per heavy atom. The molecule has 1 aromatic heterocycles. The maximum atomic E-state index is 6.15. The number of hydrogen-bond acceptors (Lipinski definition) is 2. The fourth-order valence-corrected chi connectivity index (χ4v) is 2.93. The van der Waals surface area contributed by atoms with Gasteiger partial charge in [0.05, 0.1) is 0 Å². The minimum atomic E-state index is 0.352. The average molecular weight is 331 g/mol. The minimum absolute atomic E-state index is 0.352. The van der Waals surface area contributed by atoms with Crippen molar-refractivity contribution in [3.05, 3.63) is 55.6 Å². The molecular weight excluding hydrogens is 318 g/mol. The third-order valence-corrected chi connectivity index (χ3v) is 4.49. The molecule has 90 valence electrons. The highest BCUT2D eigenvalue weighted by atomic mass is 79.9. The van der Waals surface area contributed by atoms with Gasteiger partial charge >= 0.3 is 0 Å². The fraction of sp³-hybridized carbons (Fsp3) is 0.231. The smallest absolute Gasteiger partial charge is 0.0451 e. The van der Waals surface area contributed by atoms with Gasteiger partial charge in [0.15, 0.2) is 0 Å². The summed E-state index contributed by atoms with van der Waals surface area (Å²) in [6.45, 7) is 2.94. The quantitative estimate of drug-likeness (QED) is 0.830. The summed E-state index contributed by atoms with van der Waals surface area (Å²) in [6.07, 6.45) is 0. The zero-order valence-corrected chi connectivity index (χ0v) is 12.6. The second kappa shape index (κ2) is 6.01. The summed E-state index contributed by atoms with van der Waals surface area (Å²) in [4.78, 5) is 1.34. The summed E-state index contributed by atoms with van der Waals surface area (Å²) in [5.41, 5.74) is 1.12. The number of halogens is 2. The van der Waals surface area contributed by atoms with Crippen LogP contribution in [0.5, 0.6) is 0 Å². The van der Waals surface area contributed by atoms with E-state index in [2.05, 4.69) is 51.7 Å². The molecule has 1 nitrogen and oxygen atoms in total. The lowest BCUT2D eigenvalue weighted by Crippen LogP contribution is -2.17. The minimum Gasteiger partial charge on any atom is -0.305 e. The van der Waals surface area contributed by atoms with Crippen molar-refractivity contribution >= 4 is 38.9 Å². The molecule has 1 atom stereocenters. The van der Waals surface area contributed by atoms with Crippen molar-refractivity contribution in [1.82, 2.24) is 5.32 Å². The van der Waals surface area contributed by atoms with Crippen LogP contribution < -0.4 is 5.32 Å². The van der Waals surface area contributed by atoms with Crippen molar-refractivity contribution in [2.75, 3.05) is 0 Å². The molecule has 0 saturated carbocycles. The van der Waals surface area contributed by atoms with E-state index in [1.165, 1.54) is 4.88 Å². The Hall–Kier alpha value is -0.350. The summed E-state index contributed by atoms with van der Waals surface area (Å²) in [5, 5.41) is 6.38. The molecule has 0 bridgehead atoms. The Morgan fingerprint density at radius 1 is 1.41 bits per heavy atom. The molecule has 0 saturated heterocycles. The van der Waals surface area contributed by atoms with E-state index in [0.717, 1.165) is 21.6 Å². The average Bonchev–Trinajstić information content (AvgIpc) is 2.83. The molecule has 1 heterocycles. The molecule has 0 unspecified atom stereocenters. The van der Waals surface area contributed by atoms with Gasteiger partial charge in [0.25, 0.3) is 0 Å². The van der Waals surface area contributed by atoms with Crippen LogP contribution in [0.1, 0.15) is 23.4 Å². The highest BCUT2D eigenvalue weighted by molar-refractivity contribution is 9.10. The van der Waals surface area contributed by atoms with Gasteiger partial charge in [-0.05, 0) is 42.1 Å². The summed E-state index contributed by atoms with van der Waals surface area (Å²) in [5.74, 6) is 0. The summed E-state index contributed by atoms with van der Waals surface area (Å²) < 4.78 is 1.06. The van der Waals surface area contributed by atoms with Gasteiger partial charge in [0.2, 0.25) is 0 Å². The second-order valence-electron chi connectivity index (χ2n) is 3.85. The summed E-state index contributed by atoms with van der Waals surface area (Å²) in [6, 6.07) is 10.5. The molecule has 0 fully saturated rings. The molecule has 0 amide bonds. The van der Waals surface area contributed by atoms with E-state index in [-0.39, 0.29) is 0 Å². The zero-order chi connectivity index (χ0) is 12.3. The molecule has 4 heteroatoms. The number of nitrogens with one attached hydrogen (secondary N) is 1. The maximum Gasteiger partial charge on any atom is 0.0451 e. The van der Waals surface area contributed by atoms with Crippen molar-refractivity contribution in [3.63, 3.8) is 0 Å². The first kappa shape index (κ1) is 13.1. The lowest BCUT2D eigenvalue weighted by molar-refractivity contribution is 0.583. The van der Waals surface area contributed by atoms with Crippen LogP contribution in [0.15, 0.2) is 40.2 Å². The monoisotopic (exact) mass is 329 g/mol. The Kier molecular flexibility index (Phi) is 4.62. The lowest BCUT2D eigenvalue weighted by atomic mass is 10.2. The first-order valence-corrected chi connectivity index (χ1v) is 7.42. The number of rotatable bonds is 4. The predicted molar refractivity (Wildman–Crippen MR) is 78.7 cm³/mol. The first-order chi connectivity index (χ1) is 8.16. The fourth-order valence-electron chi connectivity index (χ4n) is 1.58. The van der Waals surface area contributed by atoms with Gasteiger partial charge in [0, 0.05) is 27.0 Å². The van der Waals surface area contributed by atoms with E-state index in [9.17, 15) is 0 Å². The third kappa shape index (κ3) is 3.55. The van der Waals surface area contributed by atoms with Gasteiger partial charge < -0.3 is 5.32 Å². The Balaban J connectivity index is 2.00. The summed E-state index contributed by atoms with van der Waals surface area (Å²) in [7, 11) is 0. The van der Waals surface area contributed by atoms with Gasteiger partial charge in [-0.3, -0.25) is 0 Å². The van der Waals surface area contributed by atoms with Crippen LogP contribution in [-0.4, -0.2) is 0 Å². The first-order valence-electron chi connectivity index (χ1n) is 5.37. The summed E-state index contributed by atoms with van der Waals surface area (Å²) >= 11 is 11.4. The van der Waals surface area contributed by atoms with Gasteiger partial charge in [-0.15, -0.1) is 11.3 Å². The number of hydrogen-bond donors (Lipinski definition) is 1. The van der Waals surface area contributed by atoms with Crippen LogP contribution in [0.4, 0.5) is 0 Å². The third-order valence-electron chi connectivity index (χ3n) is 2.58. The molecule has 2 aromatic rings.